The summed E-state index contributed by atoms with van der Waals surface area (Å²) >= 11 is 6.18. The van der Waals surface area contributed by atoms with Gasteiger partial charge in [-0.1, -0.05) is 69.4 Å². The molecule has 25 heavy (non-hydrogen) atoms. The Kier molecular flexibility index (Phi) is 6.06. The molecule has 0 aliphatic rings. The number of nitrogens with one attached hydrogen (secondary N) is 1. The third-order valence-electron chi connectivity index (χ3n) is 3.26. The first-order chi connectivity index (χ1) is 12.2. The van der Waals surface area contributed by atoms with E-state index in [1.54, 1.807) is 7.11 Å². The van der Waals surface area contributed by atoms with Crippen LogP contribution in [0.25, 0.3) is 0 Å². The number of ether oxygens (including phenoxy) is 1. The van der Waals surface area contributed by atoms with Crippen molar-refractivity contribution in [1.82, 2.24) is 10.2 Å². The van der Waals surface area contributed by atoms with E-state index in [0.29, 0.717) is 16.4 Å². The molecule has 0 saturated carbocycles. The van der Waals surface area contributed by atoms with Crippen LogP contribution >= 0.6 is 39.0 Å². The molecule has 3 aromatic rings. The molecule has 0 unspecified atom stereocenters. The molecule has 0 spiro atoms. The largest absolute Gasteiger partial charge is 0.495 e. The summed E-state index contributed by atoms with van der Waals surface area (Å²) in [6.07, 6.45) is 0. The maximum atomic E-state index is 12.3. The fourth-order valence-corrected chi connectivity index (χ4v) is 4.23. The molecule has 0 saturated heterocycles. The summed E-state index contributed by atoms with van der Waals surface area (Å²) in [6, 6.07) is 15.0. The third kappa shape index (κ3) is 4.59. The van der Waals surface area contributed by atoms with Crippen molar-refractivity contribution >= 4 is 55.6 Å². The Bertz CT molecular complexity index is 886. The summed E-state index contributed by atoms with van der Waals surface area (Å²) in [5.74, 6) is 1.09. The number of anilines is 2. The molecule has 3 rings (SSSR count). The molecule has 5 nitrogen and oxygen atoms in total. The maximum Gasteiger partial charge on any atom is 0.210 e. The number of aromatic nitrogens is 2. The van der Waals surface area contributed by atoms with E-state index in [-0.39, 0.29) is 5.78 Å². The number of ketones is 1. The van der Waals surface area contributed by atoms with Crippen LogP contribution in [0, 0.1) is 0 Å². The summed E-state index contributed by atoms with van der Waals surface area (Å²) in [6.45, 7) is 0. The number of carbonyl (C=O) groups excluding carboxylic acids is 1. The molecule has 0 aliphatic heterocycles. The molecule has 0 fully saturated rings. The number of rotatable bonds is 7. The first kappa shape index (κ1) is 17.9. The van der Waals surface area contributed by atoms with Crippen molar-refractivity contribution in [3.05, 3.63) is 58.6 Å². The second kappa shape index (κ2) is 8.46. The SMILES string of the molecule is COc1ccccc1Nc1nnc(SCC(=O)c2ccccc2Br)s1. The highest BCUT2D eigenvalue weighted by Gasteiger charge is 2.13. The second-order valence-electron chi connectivity index (χ2n) is 4.89. The van der Waals surface area contributed by atoms with Crippen LogP contribution in [0.4, 0.5) is 10.8 Å². The van der Waals surface area contributed by atoms with Gasteiger partial charge in [-0.3, -0.25) is 4.79 Å². The van der Waals surface area contributed by atoms with Crippen molar-refractivity contribution in [1.29, 1.82) is 0 Å². The lowest BCUT2D eigenvalue weighted by atomic mass is 10.1. The van der Waals surface area contributed by atoms with E-state index in [0.717, 1.165) is 20.2 Å². The number of benzene rings is 2. The molecule has 8 heteroatoms. The molecule has 0 atom stereocenters. The number of Topliss-reactive ketones (excluding diaryl/α,β-unsaturated/α-hetero) is 1. The van der Waals surface area contributed by atoms with Gasteiger partial charge < -0.3 is 10.1 Å². The van der Waals surface area contributed by atoms with Gasteiger partial charge in [-0.25, -0.2) is 0 Å². The predicted molar refractivity (Wildman–Crippen MR) is 105 cm³/mol. The zero-order valence-corrected chi connectivity index (χ0v) is 16.5. The highest BCUT2D eigenvalue weighted by Crippen LogP contribution is 2.31. The first-order valence-corrected chi connectivity index (χ1v) is 9.91. The Morgan fingerprint density at radius 3 is 2.76 bits per heavy atom. The Hall–Kier alpha value is -1.90. The maximum absolute atomic E-state index is 12.3. The summed E-state index contributed by atoms with van der Waals surface area (Å²) in [4.78, 5) is 12.3. The van der Waals surface area contributed by atoms with Gasteiger partial charge in [0.2, 0.25) is 5.13 Å². The van der Waals surface area contributed by atoms with Crippen molar-refractivity contribution in [2.75, 3.05) is 18.2 Å². The zero-order valence-electron chi connectivity index (χ0n) is 13.2. The summed E-state index contributed by atoms with van der Waals surface area (Å²) in [7, 11) is 1.62. The third-order valence-corrected chi connectivity index (χ3v) is 5.92. The lowest BCUT2D eigenvalue weighted by Gasteiger charge is -2.07. The molecule has 0 radical (unpaired) electrons. The van der Waals surface area contributed by atoms with Gasteiger partial charge in [0.25, 0.3) is 0 Å². The Morgan fingerprint density at radius 2 is 1.96 bits per heavy atom. The molecule has 1 N–H and O–H groups in total. The fourth-order valence-electron chi connectivity index (χ4n) is 2.07. The minimum Gasteiger partial charge on any atom is -0.495 e. The Balaban J connectivity index is 1.62. The van der Waals surface area contributed by atoms with Crippen LogP contribution in [0.1, 0.15) is 10.4 Å². The monoisotopic (exact) mass is 435 g/mol. The number of halogens is 1. The van der Waals surface area contributed by atoms with E-state index in [1.807, 2.05) is 48.5 Å². The Morgan fingerprint density at radius 1 is 1.20 bits per heavy atom. The van der Waals surface area contributed by atoms with Crippen molar-refractivity contribution in [2.24, 2.45) is 0 Å². The molecule has 0 aliphatic carbocycles. The number of methoxy groups -OCH3 is 1. The average Bonchev–Trinajstić information content (AvgIpc) is 3.08. The number of hydrogen-bond donors (Lipinski definition) is 1. The quantitative estimate of drug-likeness (QED) is 0.414. The van der Waals surface area contributed by atoms with Crippen LogP contribution in [0.2, 0.25) is 0 Å². The Labute approximate surface area is 162 Å². The van der Waals surface area contributed by atoms with Crippen LogP contribution in [0.5, 0.6) is 5.75 Å². The van der Waals surface area contributed by atoms with Gasteiger partial charge in [0.05, 0.1) is 18.6 Å². The molecular weight excluding hydrogens is 422 g/mol. The van der Waals surface area contributed by atoms with Gasteiger partial charge >= 0.3 is 0 Å². The number of hydrogen-bond acceptors (Lipinski definition) is 7. The highest BCUT2D eigenvalue weighted by atomic mass is 79.9. The molecule has 128 valence electrons. The molecule has 1 aromatic heterocycles. The number of nitrogens with zero attached hydrogens (tertiary/aromatic N) is 2. The van der Waals surface area contributed by atoms with Gasteiger partial charge in [-0.15, -0.1) is 10.2 Å². The zero-order chi connectivity index (χ0) is 17.6. The smallest absolute Gasteiger partial charge is 0.210 e. The molecule has 0 amide bonds. The van der Waals surface area contributed by atoms with E-state index in [2.05, 4.69) is 31.4 Å². The van der Waals surface area contributed by atoms with Crippen molar-refractivity contribution in [3.63, 3.8) is 0 Å². The van der Waals surface area contributed by atoms with Gasteiger partial charge in [0.1, 0.15) is 5.75 Å². The van der Waals surface area contributed by atoms with Crippen LogP contribution < -0.4 is 10.1 Å². The molecule has 2 aromatic carbocycles. The topological polar surface area (TPSA) is 64.1 Å². The average molecular weight is 436 g/mol. The van der Waals surface area contributed by atoms with Crippen LogP contribution in [-0.2, 0) is 0 Å². The van der Waals surface area contributed by atoms with E-state index in [1.165, 1.54) is 23.1 Å². The minimum atomic E-state index is 0.0481. The van der Waals surface area contributed by atoms with Crippen molar-refractivity contribution < 1.29 is 9.53 Å². The summed E-state index contributed by atoms with van der Waals surface area (Å²) < 4.78 is 6.84. The van der Waals surface area contributed by atoms with E-state index < -0.39 is 0 Å². The van der Waals surface area contributed by atoms with E-state index >= 15 is 0 Å². The minimum absolute atomic E-state index is 0.0481. The fraction of sp³-hybridized carbons (Fsp3) is 0.118. The lowest BCUT2D eigenvalue weighted by Crippen LogP contribution is -2.02. The standard InChI is InChI=1S/C17H14BrN3O2S2/c1-23-15-9-5-4-8-13(15)19-16-20-21-17(25-16)24-10-14(22)11-6-2-3-7-12(11)18/h2-9H,10H2,1H3,(H,19,20). The number of para-hydroxylation sites is 2. The summed E-state index contributed by atoms with van der Waals surface area (Å²) in [5.41, 5.74) is 1.49. The van der Waals surface area contributed by atoms with Crippen molar-refractivity contribution in [2.45, 2.75) is 4.34 Å². The number of carbonyl (C=O) groups is 1. The molecule has 1 heterocycles. The van der Waals surface area contributed by atoms with Crippen LogP contribution in [-0.4, -0.2) is 28.8 Å². The van der Waals surface area contributed by atoms with Crippen molar-refractivity contribution in [3.8, 4) is 5.75 Å². The van der Waals surface area contributed by atoms with E-state index in [4.69, 9.17) is 4.74 Å². The van der Waals surface area contributed by atoms with Gasteiger partial charge in [0.15, 0.2) is 10.1 Å². The highest BCUT2D eigenvalue weighted by molar-refractivity contribution is 9.10. The van der Waals surface area contributed by atoms with Gasteiger partial charge in [-0.05, 0) is 18.2 Å². The predicted octanol–water partition coefficient (Wildman–Crippen LogP) is 5.03. The van der Waals surface area contributed by atoms with Crippen LogP contribution in [0.3, 0.4) is 0 Å². The summed E-state index contributed by atoms with van der Waals surface area (Å²) in [5, 5.41) is 12.1. The second-order valence-corrected chi connectivity index (χ2v) is 7.94. The molecular formula is C17H14BrN3O2S2. The van der Waals surface area contributed by atoms with E-state index in [9.17, 15) is 4.79 Å². The van der Waals surface area contributed by atoms with Crippen LogP contribution in [0.15, 0.2) is 57.3 Å². The molecule has 0 bridgehead atoms. The lowest BCUT2D eigenvalue weighted by molar-refractivity contribution is 0.102. The number of thioether (sulfide) groups is 1. The first-order valence-electron chi connectivity index (χ1n) is 7.31. The van der Waals surface area contributed by atoms with Gasteiger partial charge in [-0.2, -0.15) is 0 Å². The van der Waals surface area contributed by atoms with Gasteiger partial charge in [0, 0.05) is 10.0 Å². The normalized spacial score (nSPS) is 10.5.